The molecular weight excluding hydrogens is 324 g/mol. The number of thioether (sulfide) groups is 1. The van der Waals surface area contributed by atoms with Crippen LogP contribution in [0.15, 0.2) is 10.3 Å². The monoisotopic (exact) mass is 350 g/mol. The highest BCUT2D eigenvalue weighted by Gasteiger charge is 2.18. The molecule has 0 fully saturated rings. The van der Waals surface area contributed by atoms with Crippen molar-refractivity contribution in [2.24, 2.45) is 0 Å². The zero-order valence-corrected chi connectivity index (χ0v) is 15.5. The average Bonchev–Trinajstić information content (AvgIpc) is 2.82. The molecule has 2 N–H and O–H groups in total. The van der Waals surface area contributed by atoms with Crippen LogP contribution in [0.1, 0.15) is 36.6 Å². The highest BCUT2D eigenvalue weighted by molar-refractivity contribution is 7.98. The molecule has 0 aliphatic rings. The van der Waals surface area contributed by atoms with Crippen LogP contribution in [0.4, 0.5) is 0 Å². The molecule has 1 aromatic heterocycles. The van der Waals surface area contributed by atoms with E-state index in [0.717, 1.165) is 48.5 Å². The molecule has 0 saturated carbocycles. The maximum absolute atomic E-state index is 12.2. The fourth-order valence-corrected chi connectivity index (χ4v) is 5.03. The molecule has 122 valence electrons. The Kier molecular flexibility index (Phi) is 8.89. The molecule has 0 amide bonds. The normalized spacial score (nSPS) is 12.0. The Labute approximate surface area is 137 Å². The van der Waals surface area contributed by atoms with E-state index in [9.17, 15) is 8.42 Å². The minimum absolute atomic E-state index is 0.428. The van der Waals surface area contributed by atoms with Crippen molar-refractivity contribution in [3.63, 3.8) is 0 Å². The van der Waals surface area contributed by atoms with Crippen molar-refractivity contribution in [2.75, 3.05) is 25.1 Å². The predicted molar refractivity (Wildman–Crippen MR) is 93.9 cm³/mol. The summed E-state index contributed by atoms with van der Waals surface area (Å²) in [4.78, 5) is 1.09. The smallest absolute Gasteiger partial charge is 0.250 e. The minimum atomic E-state index is -3.34. The zero-order chi connectivity index (χ0) is 15.7. The molecule has 0 saturated heterocycles. The van der Waals surface area contributed by atoms with E-state index >= 15 is 0 Å². The lowest BCUT2D eigenvalue weighted by molar-refractivity contribution is 0.578. The molecule has 0 aliphatic heterocycles. The number of nitrogens with one attached hydrogen (secondary N) is 2. The number of aryl methyl sites for hydroxylation is 1. The van der Waals surface area contributed by atoms with E-state index in [2.05, 4.69) is 16.3 Å². The topological polar surface area (TPSA) is 58.2 Å². The van der Waals surface area contributed by atoms with Gasteiger partial charge in [0.1, 0.15) is 4.21 Å². The quantitative estimate of drug-likeness (QED) is 0.602. The molecule has 0 bridgehead atoms. The van der Waals surface area contributed by atoms with Gasteiger partial charge in [0.05, 0.1) is 0 Å². The summed E-state index contributed by atoms with van der Waals surface area (Å²) in [5, 5.41) is 3.24. The van der Waals surface area contributed by atoms with Crippen LogP contribution < -0.4 is 10.0 Å². The third kappa shape index (κ3) is 6.69. The summed E-state index contributed by atoms with van der Waals surface area (Å²) >= 11 is 3.19. The molecule has 0 unspecified atom stereocenters. The van der Waals surface area contributed by atoms with E-state index in [1.165, 1.54) is 11.3 Å². The van der Waals surface area contributed by atoms with Crippen molar-refractivity contribution in [1.29, 1.82) is 0 Å². The van der Waals surface area contributed by atoms with Gasteiger partial charge in [0.25, 0.3) is 0 Å². The Morgan fingerprint density at radius 3 is 2.71 bits per heavy atom. The standard InChI is InChI=1S/C14H26N2O2S3/c1-4-15-11-13-12(2)10-14(20-13)21(17,18)16-8-6-5-7-9-19-3/h10,15-16H,4-9,11H2,1-3H3. The molecule has 7 heteroatoms. The molecule has 0 radical (unpaired) electrons. The Morgan fingerprint density at radius 2 is 2.05 bits per heavy atom. The molecular formula is C14H26N2O2S3. The lowest BCUT2D eigenvalue weighted by atomic mass is 10.2. The number of thiophene rings is 1. The first-order valence-corrected chi connectivity index (χ1v) is 11.0. The van der Waals surface area contributed by atoms with Crippen molar-refractivity contribution in [1.82, 2.24) is 10.0 Å². The molecule has 1 aromatic rings. The first-order chi connectivity index (χ1) is 10.0. The second-order valence-corrected chi connectivity index (χ2v) is 9.02. The highest BCUT2D eigenvalue weighted by Crippen LogP contribution is 2.25. The fourth-order valence-electron chi connectivity index (χ4n) is 1.86. The van der Waals surface area contributed by atoms with Gasteiger partial charge >= 0.3 is 0 Å². The second kappa shape index (κ2) is 9.84. The summed E-state index contributed by atoms with van der Waals surface area (Å²) in [5.41, 5.74) is 1.04. The number of rotatable bonds is 11. The molecule has 0 aromatic carbocycles. The number of unbranched alkanes of at least 4 members (excludes halogenated alkanes) is 2. The van der Waals surface area contributed by atoms with Crippen molar-refractivity contribution < 1.29 is 8.42 Å². The molecule has 21 heavy (non-hydrogen) atoms. The van der Waals surface area contributed by atoms with Gasteiger partial charge < -0.3 is 5.32 Å². The van der Waals surface area contributed by atoms with Crippen molar-refractivity contribution in [2.45, 2.75) is 43.9 Å². The Morgan fingerprint density at radius 1 is 1.29 bits per heavy atom. The fraction of sp³-hybridized carbons (Fsp3) is 0.714. The van der Waals surface area contributed by atoms with Gasteiger partial charge in [0.2, 0.25) is 10.0 Å². The summed E-state index contributed by atoms with van der Waals surface area (Å²) in [6.45, 7) is 6.14. The van der Waals surface area contributed by atoms with Gasteiger partial charge in [-0.05, 0) is 49.9 Å². The number of hydrogen-bond donors (Lipinski definition) is 2. The van der Waals surface area contributed by atoms with Gasteiger partial charge in [0.15, 0.2) is 0 Å². The Hall–Kier alpha value is -0.0800. The van der Waals surface area contributed by atoms with Gasteiger partial charge in [-0.3, -0.25) is 0 Å². The summed E-state index contributed by atoms with van der Waals surface area (Å²) in [6, 6.07) is 1.77. The SMILES string of the molecule is CCNCc1sc(S(=O)(=O)NCCCCCSC)cc1C. The van der Waals surface area contributed by atoms with Crippen LogP contribution >= 0.6 is 23.1 Å². The third-order valence-electron chi connectivity index (χ3n) is 3.12. The summed E-state index contributed by atoms with van der Waals surface area (Å²) < 4.78 is 27.6. The number of hydrogen-bond acceptors (Lipinski definition) is 5. The van der Waals surface area contributed by atoms with E-state index in [1.54, 1.807) is 6.07 Å². The lowest BCUT2D eigenvalue weighted by Crippen LogP contribution is -2.24. The maximum atomic E-state index is 12.2. The van der Waals surface area contributed by atoms with Crippen LogP contribution in [-0.4, -0.2) is 33.5 Å². The Balaban J connectivity index is 2.50. The van der Waals surface area contributed by atoms with Gasteiger partial charge in [-0.2, -0.15) is 11.8 Å². The van der Waals surface area contributed by atoms with Gasteiger partial charge in [-0.15, -0.1) is 11.3 Å². The van der Waals surface area contributed by atoms with Gasteiger partial charge in [-0.25, -0.2) is 13.1 Å². The highest BCUT2D eigenvalue weighted by atomic mass is 32.2. The summed E-state index contributed by atoms with van der Waals surface area (Å²) in [7, 11) is -3.34. The largest absolute Gasteiger partial charge is 0.312 e. The second-order valence-electron chi connectivity index (χ2n) is 4.90. The van der Waals surface area contributed by atoms with E-state index in [4.69, 9.17) is 0 Å². The molecule has 1 rings (SSSR count). The van der Waals surface area contributed by atoms with Crippen molar-refractivity contribution in [3.05, 3.63) is 16.5 Å². The van der Waals surface area contributed by atoms with Gasteiger partial charge in [0, 0.05) is 18.0 Å². The maximum Gasteiger partial charge on any atom is 0.250 e. The van der Waals surface area contributed by atoms with E-state index < -0.39 is 10.0 Å². The van der Waals surface area contributed by atoms with E-state index in [0.29, 0.717) is 10.8 Å². The van der Waals surface area contributed by atoms with Crippen LogP contribution in [-0.2, 0) is 16.6 Å². The van der Waals surface area contributed by atoms with Crippen LogP contribution in [0.3, 0.4) is 0 Å². The molecule has 0 aliphatic carbocycles. The zero-order valence-electron chi connectivity index (χ0n) is 13.1. The van der Waals surface area contributed by atoms with Gasteiger partial charge in [-0.1, -0.05) is 13.3 Å². The van der Waals surface area contributed by atoms with Crippen molar-refractivity contribution >= 4 is 33.1 Å². The summed E-state index contributed by atoms with van der Waals surface area (Å²) in [6.07, 6.45) is 5.20. The third-order valence-corrected chi connectivity index (χ3v) is 6.98. The van der Waals surface area contributed by atoms with E-state index in [-0.39, 0.29) is 0 Å². The van der Waals surface area contributed by atoms with Crippen LogP contribution in [0.2, 0.25) is 0 Å². The van der Waals surface area contributed by atoms with Crippen LogP contribution in [0.25, 0.3) is 0 Å². The molecule has 1 heterocycles. The first-order valence-electron chi connectivity index (χ1n) is 7.30. The summed E-state index contributed by atoms with van der Waals surface area (Å²) in [5.74, 6) is 1.14. The molecule has 4 nitrogen and oxygen atoms in total. The average molecular weight is 351 g/mol. The molecule has 0 atom stereocenters. The van der Waals surface area contributed by atoms with Crippen LogP contribution in [0.5, 0.6) is 0 Å². The van der Waals surface area contributed by atoms with E-state index in [1.807, 2.05) is 25.6 Å². The predicted octanol–water partition coefficient (Wildman–Crippen LogP) is 2.98. The minimum Gasteiger partial charge on any atom is -0.312 e. The lowest BCUT2D eigenvalue weighted by Gasteiger charge is -2.04. The van der Waals surface area contributed by atoms with Crippen molar-refractivity contribution in [3.8, 4) is 0 Å². The number of sulfonamides is 1. The first kappa shape index (κ1) is 19.0. The van der Waals surface area contributed by atoms with Crippen LogP contribution in [0, 0.1) is 6.92 Å². The molecule has 0 spiro atoms. The Bertz CT molecular complexity index is 512.